The molecule has 1 heterocycles. The van der Waals surface area contributed by atoms with Gasteiger partial charge in [-0.15, -0.1) is 0 Å². The van der Waals surface area contributed by atoms with Crippen LogP contribution >= 0.6 is 0 Å². The predicted octanol–water partition coefficient (Wildman–Crippen LogP) is 2.37. The number of nitrogens with zero attached hydrogens (tertiary/aromatic N) is 1. The van der Waals surface area contributed by atoms with Crippen LogP contribution in [0.25, 0.3) is 0 Å². The van der Waals surface area contributed by atoms with Gasteiger partial charge in [-0.3, -0.25) is 10.1 Å². The molecular weight excluding hydrogens is 250 g/mol. The third kappa shape index (κ3) is 2.34. The molecule has 2 rings (SSSR count). The number of halogens is 2. The summed E-state index contributed by atoms with van der Waals surface area (Å²) in [6.45, 7) is 5.58. The maximum Gasteiger partial charge on any atom is 0.225 e. The highest BCUT2D eigenvalue weighted by molar-refractivity contribution is 5.79. The van der Waals surface area contributed by atoms with Gasteiger partial charge in [-0.25, -0.2) is 8.78 Å². The fourth-order valence-corrected chi connectivity index (χ4v) is 2.55. The summed E-state index contributed by atoms with van der Waals surface area (Å²) in [5, 5.41) is 3.33. The van der Waals surface area contributed by atoms with Crippen molar-refractivity contribution >= 4 is 5.91 Å². The monoisotopic (exact) mass is 268 g/mol. The van der Waals surface area contributed by atoms with Crippen LogP contribution in [0.15, 0.2) is 18.2 Å². The fourth-order valence-electron chi connectivity index (χ4n) is 2.55. The standard InChI is InChI=1S/C14H18F2N2O/c1-13(2)17-14(3,8-12(19)18(13)4)9-5-6-10(15)11(16)7-9/h5-7,17H,8H2,1-4H3/t14-/m0/s1. The zero-order valence-corrected chi connectivity index (χ0v) is 11.6. The summed E-state index contributed by atoms with van der Waals surface area (Å²) in [6.07, 6.45) is 0.206. The van der Waals surface area contributed by atoms with Gasteiger partial charge in [-0.1, -0.05) is 6.07 Å². The molecule has 0 radical (unpaired) electrons. The first kappa shape index (κ1) is 13.9. The minimum Gasteiger partial charge on any atom is -0.328 e. The minimum absolute atomic E-state index is 0.0315. The highest BCUT2D eigenvalue weighted by atomic mass is 19.2. The van der Waals surface area contributed by atoms with Crippen LogP contribution in [0.4, 0.5) is 8.78 Å². The summed E-state index contributed by atoms with van der Waals surface area (Å²) in [5.74, 6) is -1.81. The third-order valence-corrected chi connectivity index (χ3v) is 3.86. The zero-order valence-electron chi connectivity index (χ0n) is 11.6. The SMILES string of the molecule is CN1C(=O)C[C@@](C)(c2ccc(F)c(F)c2)NC1(C)C. The van der Waals surface area contributed by atoms with Gasteiger partial charge >= 0.3 is 0 Å². The molecule has 1 aromatic carbocycles. The molecule has 0 bridgehead atoms. The molecule has 3 nitrogen and oxygen atoms in total. The lowest BCUT2D eigenvalue weighted by atomic mass is 9.83. The smallest absolute Gasteiger partial charge is 0.225 e. The molecule has 1 atom stereocenters. The molecule has 1 fully saturated rings. The summed E-state index contributed by atoms with van der Waals surface area (Å²) in [7, 11) is 1.72. The van der Waals surface area contributed by atoms with E-state index in [1.165, 1.54) is 6.07 Å². The van der Waals surface area contributed by atoms with Crippen molar-refractivity contribution in [1.29, 1.82) is 0 Å². The second-order valence-electron chi connectivity index (χ2n) is 5.77. The summed E-state index contributed by atoms with van der Waals surface area (Å²) >= 11 is 0. The number of benzene rings is 1. The van der Waals surface area contributed by atoms with Gasteiger partial charge in [-0.05, 0) is 38.5 Å². The lowest BCUT2D eigenvalue weighted by molar-refractivity contribution is -0.144. The Bertz CT molecular complexity index is 530. The van der Waals surface area contributed by atoms with Gasteiger partial charge in [0.05, 0.1) is 11.2 Å². The molecule has 1 saturated heterocycles. The molecule has 1 N–H and O–H groups in total. The van der Waals surface area contributed by atoms with Crippen molar-refractivity contribution in [3.05, 3.63) is 35.4 Å². The highest BCUT2D eigenvalue weighted by Crippen LogP contribution is 2.34. The van der Waals surface area contributed by atoms with E-state index in [4.69, 9.17) is 0 Å². The van der Waals surface area contributed by atoms with E-state index < -0.39 is 22.8 Å². The van der Waals surface area contributed by atoms with Crippen molar-refractivity contribution in [1.82, 2.24) is 10.2 Å². The maximum absolute atomic E-state index is 13.4. The van der Waals surface area contributed by atoms with Gasteiger partial charge in [0.1, 0.15) is 0 Å². The van der Waals surface area contributed by atoms with Crippen LogP contribution in [-0.4, -0.2) is 23.5 Å². The van der Waals surface area contributed by atoms with Gasteiger partial charge in [0.2, 0.25) is 5.91 Å². The molecule has 0 spiro atoms. The van der Waals surface area contributed by atoms with E-state index in [-0.39, 0.29) is 12.3 Å². The first-order valence-corrected chi connectivity index (χ1v) is 6.17. The third-order valence-electron chi connectivity index (χ3n) is 3.86. The van der Waals surface area contributed by atoms with Crippen LogP contribution in [0.3, 0.4) is 0 Å². The number of hydrogen-bond acceptors (Lipinski definition) is 2. The molecule has 104 valence electrons. The van der Waals surface area contributed by atoms with Crippen molar-refractivity contribution in [2.24, 2.45) is 0 Å². The number of rotatable bonds is 1. The largest absolute Gasteiger partial charge is 0.328 e. The van der Waals surface area contributed by atoms with E-state index in [0.29, 0.717) is 5.56 Å². The van der Waals surface area contributed by atoms with E-state index in [2.05, 4.69) is 5.32 Å². The zero-order chi connectivity index (χ0) is 14.4. The Balaban J connectivity index is 2.42. The Morgan fingerprint density at radius 3 is 2.37 bits per heavy atom. The van der Waals surface area contributed by atoms with Crippen molar-refractivity contribution in [2.75, 3.05) is 7.05 Å². The Morgan fingerprint density at radius 2 is 1.84 bits per heavy atom. The molecule has 1 amide bonds. The summed E-state index contributed by atoms with van der Waals surface area (Å²) < 4.78 is 26.4. The Labute approximate surface area is 111 Å². The predicted molar refractivity (Wildman–Crippen MR) is 68.3 cm³/mol. The van der Waals surface area contributed by atoms with Crippen LogP contribution in [-0.2, 0) is 10.3 Å². The van der Waals surface area contributed by atoms with Crippen LogP contribution < -0.4 is 5.32 Å². The van der Waals surface area contributed by atoms with E-state index in [1.54, 1.807) is 11.9 Å². The Hall–Kier alpha value is -1.49. The normalized spacial score (nSPS) is 26.6. The molecule has 0 unspecified atom stereocenters. The average Bonchev–Trinajstić information content (AvgIpc) is 2.29. The molecule has 0 aromatic heterocycles. The van der Waals surface area contributed by atoms with Crippen LogP contribution in [0.5, 0.6) is 0 Å². The molecule has 0 saturated carbocycles. The first-order chi connectivity index (χ1) is 8.66. The second-order valence-corrected chi connectivity index (χ2v) is 5.77. The Morgan fingerprint density at radius 1 is 1.21 bits per heavy atom. The van der Waals surface area contributed by atoms with E-state index >= 15 is 0 Å². The molecule has 0 aliphatic carbocycles. The van der Waals surface area contributed by atoms with Crippen molar-refractivity contribution in [3.63, 3.8) is 0 Å². The first-order valence-electron chi connectivity index (χ1n) is 6.17. The summed E-state index contributed by atoms with van der Waals surface area (Å²) in [4.78, 5) is 13.7. The topological polar surface area (TPSA) is 32.3 Å². The van der Waals surface area contributed by atoms with Gasteiger partial charge in [0.25, 0.3) is 0 Å². The van der Waals surface area contributed by atoms with Crippen molar-refractivity contribution in [3.8, 4) is 0 Å². The summed E-state index contributed by atoms with van der Waals surface area (Å²) in [6, 6.07) is 3.75. The molecule has 1 aliphatic rings. The summed E-state index contributed by atoms with van der Waals surface area (Å²) in [5.41, 5.74) is -0.683. The molecule has 19 heavy (non-hydrogen) atoms. The molecule has 1 aromatic rings. The van der Waals surface area contributed by atoms with Gasteiger partial charge in [0, 0.05) is 13.5 Å². The number of carbonyl (C=O) groups excluding carboxylic acids is 1. The minimum atomic E-state index is -0.898. The lowest BCUT2D eigenvalue weighted by Gasteiger charge is -2.49. The highest BCUT2D eigenvalue weighted by Gasteiger charge is 2.44. The van der Waals surface area contributed by atoms with Crippen molar-refractivity contribution in [2.45, 2.75) is 38.4 Å². The van der Waals surface area contributed by atoms with E-state index in [1.807, 2.05) is 20.8 Å². The fraction of sp³-hybridized carbons (Fsp3) is 0.500. The van der Waals surface area contributed by atoms with Crippen LogP contribution in [0, 0.1) is 11.6 Å². The molecule has 5 heteroatoms. The van der Waals surface area contributed by atoms with Crippen LogP contribution in [0.2, 0.25) is 0 Å². The van der Waals surface area contributed by atoms with Crippen molar-refractivity contribution < 1.29 is 13.6 Å². The number of hydrogen-bond donors (Lipinski definition) is 1. The number of amides is 1. The van der Waals surface area contributed by atoms with E-state index in [0.717, 1.165) is 12.1 Å². The van der Waals surface area contributed by atoms with Crippen LogP contribution in [0.1, 0.15) is 32.8 Å². The average molecular weight is 268 g/mol. The van der Waals surface area contributed by atoms with E-state index in [9.17, 15) is 13.6 Å². The Kier molecular flexibility index (Phi) is 3.13. The maximum atomic E-state index is 13.4. The second kappa shape index (κ2) is 4.27. The quantitative estimate of drug-likeness (QED) is 0.848. The lowest BCUT2D eigenvalue weighted by Crippen LogP contribution is -2.66. The van der Waals surface area contributed by atoms with Gasteiger partial charge in [0.15, 0.2) is 11.6 Å². The number of carbonyl (C=O) groups is 1. The number of nitrogens with one attached hydrogen (secondary N) is 1. The van der Waals surface area contributed by atoms with Gasteiger partial charge in [-0.2, -0.15) is 0 Å². The molecular formula is C14H18F2N2O. The molecule has 1 aliphatic heterocycles. The van der Waals surface area contributed by atoms with Gasteiger partial charge < -0.3 is 4.90 Å².